The standard InChI is InChI=1S/C15H13ClN2O2/c1-20-14-7-10(8-17)5-6-13(14)18-9-11-3-2-4-12(16)15(11)19/h2-7,18-19H,9H2,1H3. The monoisotopic (exact) mass is 288 g/mol. The number of nitrogens with one attached hydrogen (secondary N) is 1. The van der Waals surface area contributed by atoms with Crippen molar-refractivity contribution < 1.29 is 9.84 Å². The third kappa shape index (κ3) is 2.95. The molecular weight excluding hydrogens is 276 g/mol. The fourth-order valence-corrected chi connectivity index (χ4v) is 1.99. The largest absolute Gasteiger partial charge is 0.506 e. The van der Waals surface area contributed by atoms with E-state index in [0.717, 1.165) is 5.69 Å². The summed E-state index contributed by atoms with van der Waals surface area (Å²) >= 11 is 5.86. The highest BCUT2D eigenvalue weighted by atomic mass is 35.5. The van der Waals surface area contributed by atoms with Gasteiger partial charge in [-0.15, -0.1) is 0 Å². The van der Waals surface area contributed by atoms with Crippen molar-refractivity contribution in [2.24, 2.45) is 0 Å². The summed E-state index contributed by atoms with van der Waals surface area (Å²) in [6.45, 7) is 0.397. The number of phenolic OH excluding ortho intramolecular Hbond substituents is 1. The number of aromatic hydroxyl groups is 1. The van der Waals surface area contributed by atoms with Gasteiger partial charge in [-0.25, -0.2) is 0 Å². The molecule has 0 spiro atoms. The summed E-state index contributed by atoms with van der Waals surface area (Å²) in [5.74, 6) is 0.639. The maximum absolute atomic E-state index is 9.84. The highest BCUT2D eigenvalue weighted by molar-refractivity contribution is 6.32. The van der Waals surface area contributed by atoms with E-state index in [0.29, 0.717) is 28.4 Å². The molecule has 4 nitrogen and oxygen atoms in total. The Kier molecular flexibility index (Phi) is 4.34. The van der Waals surface area contributed by atoms with E-state index in [4.69, 9.17) is 21.6 Å². The Balaban J connectivity index is 2.19. The van der Waals surface area contributed by atoms with Gasteiger partial charge in [0.1, 0.15) is 11.5 Å². The zero-order valence-corrected chi connectivity index (χ0v) is 11.6. The van der Waals surface area contributed by atoms with Gasteiger partial charge in [-0.2, -0.15) is 5.26 Å². The SMILES string of the molecule is COc1cc(C#N)ccc1NCc1cccc(Cl)c1O. The molecule has 0 heterocycles. The number of anilines is 1. The lowest BCUT2D eigenvalue weighted by atomic mass is 10.1. The summed E-state index contributed by atoms with van der Waals surface area (Å²) in [7, 11) is 1.54. The fraction of sp³-hybridized carbons (Fsp3) is 0.133. The molecule has 0 aromatic heterocycles. The van der Waals surface area contributed by atoms with Crippen LogP contribution in [0.25, 0.3) is 0 Å². The molecule has 0 saturated heterocycles. The van der Waals surface area contributed by atoms with Gasteiger partial charge in [0.05, 0.1) is 29.5 Å². The molecule has 102 valence electrons. The Morgan fingerprint density at radius 2 is 2.15 bits per heavy atom. The minimum Gasteiger partial charge on any atom is -0.506 e. The maximum atomic E-state index is 9.84. The predicted octanol–water partition coefficient (Wildman–Crippen LogP) is 3.54. The summed E-state index contributed by atoms with van der Waals surface area (Å²) in [6, 6.07) is 12.3. The summed E-state index contributed by atoms with van der Waals surface area (Å²) in [6.07, 6.45) is 0. The zero-order valence-electron chi connectivity index (χ0n) is 10.9. The average molecular weight is 289 g/mol. The number of ether oxygens (including phenoxy) is 1. The third-order valence-electron chi connectivity index (χ3n) is 2.87. The Morgan fingerprint density at radius 1 is 1.35 bits per heavy atom. The summed E-state index contributed by atoms with van der Waals surface area (Å²) < 4.78 is 5.23. The first kappa shape index (κ1) is 14.0. The molecule has 0 atom stereocenters. The van der Waals surface area contributed by atoms with Crippen molar-refractivity contribution >= 4 is 17.3 Å². The molecular formula is C15H13ClN2O2. The van der Waals surface area contributed by atoms with Crippen molar-refractivity contribution in [3.63, 3.8) is 0 Å². The van der Waals surface area contributed by atoms with Crippen LogP contribution in [0.1, 0.15) is 11.1 Å². The molecule has 2 rings (SSSR count). The fourth-order valence-electron chi connectivity index (χ4n) is 1.80. The Morgan fingerprint density at radius 3 is 2.85 bits per heavy atom. The molecule has 5 heteroatoms. The first-order chi connectivity index (χ1) is 9.65. The Labute approximate surface area is 122 Å². The second-order valence-electron chi connectivity index (χ2n) is 4.13. The predicted molar refractivity (Wildman–Crippen MR) is 78.2 cm³/mol. The smallest absolute Gasteiger partial charge is 0.143 e. The summed E-state index contributed by atoms with van der Waals surface area (Å²) in [4.78, 5) is 0. The van der Waals surface area contributed by atoms with Crippen LogP contribution in [0.15, 0.2) is 36.4 Å². The molecule has 0 aliphatic rings. The lowest BCUT2D eigenvalue weighted by molar-refractivity contribution is 0.416. The van der Waals surface area contributed by atoms with Gasteiger partial charge in [-0.3, -0.25) is 0 Å². The van der Waals surface area contributed by atoms with Gasteiger partial charge in [0.15, 0.2) is 0 Å². The number of rotatable bonds is 4. The molecule has 2 N–H and O–H groups in total. The molecule has 0 saturated carbocycles. The van der Waals surface area contributed by atoms with Gasteiger partial charge < -0.3 is 15.2 Å². The van der Waals surface area contributed by atoms with Crippen LogP contribution in [0, 0.1) is 11.3 Å². The lowest BCUT2D eigenvalue weighted by Crippen LogP contribution is -2.02. The first-order valence-corrected chi connectivity index (χ1v) is 6.32. The molecule has 0 radical (unpaired) electrons. The van der Waals surface area contributed by atoms with Gasteiger partial charge in [-0.05, 0) is 18.2 Å². The van der Waals surface area contributed by atoms with Crippen LogP contribution in [-0.2, 0) is 6.54 Å². The topological polar surface area (TPSA) is 65.3 Å². The minimum absolute atomic E-state index is 0.0641. The Bertz CT molecular complexity index is 665. The molecule has 0 aliphatic heterocycles. The van der Waals surface area contributed by atoms with E-state index >= 15 is 0 Å². The summed E-state index contributed by atoms with van der Waals surface area (Å²) in [5.41, 5.74) is 1.95. The second-order valence-corrected chi connectivity index (χ2v) is 4.54. The van der Waals surface area contributed by atoms with Crippen LogP contribution in [0.5, 0.6) is 11.5 Å². The molecule has 0 amide bonds. The minimum atomic E-state index is 0.0641. The Hall–Kier alpha value is -2.38. The number of para-hydroxylation sites is 1. The molecule has 0 aliphatic carbocycles. The number of hydrogen-bond acceptors (Lipinski definition) is 4. The van der Waals surface area contributed by atoms with E-state index in [-0.39, 0.29) is 5.75 Å². The van der Waals surface area contributed by atoms with Crippen molar-refractivity contribution in [2.45, 2.75) is 6.54 Å². The number of nitrogens with zero attached hydrogens (tertiary/aromatic N) is 1. The molecule has 2 aromatic carbocycles. The number of benzene rings is 2. The maximum Gasteiger partial charge on any atom is 0.143 e. The number of halogens is 1. The molecule has 20 heavy (non-hydrogen) atoms. The van der Waals surface area contributed by atoms with Crippen molar-refractivity contribution in [1.29, 1.82) is 5.26 Å². The van der Waals surface area contributed by atoms with Crippen molar-refractivity contribution in [1.82, 2.24) is 0 Å². The summed E-state index contributed by atoms with van der Waals surface area (Å²) in [5, 5.41) is 22.2. The van der Waals surface area contributed by atoms with Gasteiger partial charge >= 0.3 is 0 Å². The number of methoxy groups -OCH3 is 1. The van der Waals surface area contributed by atoms with Gasteiger partial charge in [0.25, 0.3) is 0 Å². The first-order valence-electron chi connectivity index (χ1n) is 5.94. The van der Waals surface area contributed by atoms with Crippen molar-refractivity contribution in [3.8, 4) is 17.6 Å². The normalized spacial score (nSPS) is 9.85. The van der Waals surface area contributed by atoms with E-state index in [9.17, 15) is 5.11 Å². The van der Waals surface area contributed by atoms with Gasteiger partial charge in [0, 0.05) is 18.2 Å². The van der Waals surface area contributed by atoms with E-state index in [2.05, 4.69) is 11.4 Å². The average Bonchev–Trinajstić information content (AvgIpc) is 2.48. The molecule has 0 unspecified atom stereocenters. The molecule has 0 bridgehead atoms. The molecule has 2 aromatic rings. The van der Waals surface area contributed by atoms with E-state index in [1.165, 1.54) is 0 Å². The number of nitriles is 1. The van der Waals surface area contributed by atoms with Crippen LogP contribution in [0.2, 0.25) is 5.02 Å². The van der Waals surface area contributed by atoms with Crippen LogP contribution < -0.4 is 10.1 Å². The van der Waals surface area contributed by atoms with Gasteiger partial charge in [0.2, 0.25) is 0 Å². The van der Waals surface area contributed by atoms with Crippen molar-refractivity contribution in [3.05, 3.63) is 52.5 Å². The number of phenols is 1. The van der Waals surface area contributed by atoms with E-state index < -0.39 is 0 Å². The van der Waals surface area contributed by atoms with Gasteiger partial charge in [-0.1, -0.05) is 23.7 Å². The van der Waals surface area contributed by atoms with Crippen molar-refractivity contribution in [2.75, 3.05) is 12.4 Å². The highest BCUT2D eigenvalue weighted by Crippen LogP contribution is 2.30. The second kappa shape index (κ2) is 6.18. The van der Waals surface area contributed by atoms with E-state index in [1.54, 1.807) is 43.5 Å². The molecule has 0 fully saturated rings. The number of hydrogen-bond donors (Lipinski definition) is 2. The quantitative estimate of drug-likeness (QED) is 0.903. The third-order valence-corrected chi connectivity index (χ3v) is 3.18. The van der Waals surface area contributed by atoms with E-state index in [1.807, 2.05) is 0 Å². The van der Waals surface area contributed by atoms with Crippen LogP contribution >= 0.6 is 11.6 Å². The lowest BCUT2D eigenvalue weighted by Gasteiger charge is -2.12. The van der Waals surface area contributed by atoms with Crippen LogP contribution in [0.3, 0.4) is 0 Å². The van der Waals surface area contributed by atoms with Crippen LogP contribution in [0.4, 0.5) is 5.69 Å². The zero-order chi connectivity index (χ0) is 14.5. The van der Waals surface area contributed by atoms with Crippen LogP contribution in [-0.4, -0.2) is 12.2 Å². The highest BCUT2D eigenvalue weighted by Gasteiger charge is 2.07.